The average molecular weight is 321 g/mol. The van der Waals surface area contributed by atoms with Gasteiger partial charge in [0.2, 0.25) is 0 Å². The maximum atomic E-state index is 12.7. The second-order valence-electron chi connectivity index (χ2n) is 5.22. The molecule has 0 unspecified atom stereocenters. The molecule has 0 spiro atoms. The Morgan fingerprint density at radius 1 is 1.24 bits per heavy atom. The van der Waals surface area contributed by atoms with Crippen LogP contribution in [0.25, 0.3) is 10.2 Å². The van der Waals surface area contributed by atoms with Gasteiger partial charge >= 0.3 is 0 Å². The standard InChI is InChI=1S/C15H19N3OS2/c1-4-11-16-10(3)12-9(2)13(21-14(12)17-11)15(19)18-5-7-20-8-6-18/h4-8H2,1-3H3. The number of thioether (sulfide) groups is 1. The SMILES string of the molecule is CCc1nc(C)c2c(C)c(C(=O)N3CCSCC3)sc2n1. The molecule has 0 N–H and O–H groups in total. The average Bonchev–Trinajstić information content (AvgIpc) is 2.84. The van der Waals surface area contributed by atoms with Crippen molar-refractivity contribution in [3.05, 3.63) is 22.0 Å². The molecule has 1 fully saturated rings. The van der Waals surface area contributed by atoms with Crippen LogP contribution in [0.5, 0.6) is 0 Å². The second-order valence-corrected chi connectivity index (χ2v) is 7.44. The minimum atomic E-state index is 0.160. The summed E-state index contributed by atoms with van der Waals surface area (Å²) in [5, 5.41) is 1.06. The lowest BCUT2D eigenvalue weighted by atomic mass is 10.1. The molecule has 1 aliphatic rings. The number of nitrogens with zero attached hydrogens (tertiary/aromatic N) is 3. The van der Waals surface area contributed by atoms with E-state index in [2.05, 4.69) is 16.9 Å². The highest BCUT2D eigenvalue weighted by molar-refractivity contribution is 7.99. The molecule has 1 amide bonds. The number of hydrogen-bond donors (Lipinski definition) is 0. The van der Waals surface area contributed by atoms with Gasteiger partial charge in [-0.25, -0.2) is 9.97 Å². The van der Waals surface area contributed by atoms with Crippen molar-refractivity contribution in [1.29, 1.82) is 0 Å². The molecule has 0 atom stereocenters. The fourth-order valence-electron chi connectivity index (χ4n) is 2.67. The van der Waals surface area contributed by atoms with Gasteiger partial charge in [0.15, 0.2) is 0 Å². The molecule has 0 saturated carbocycles. The van der Waals surface area contributed by atoms with Crippen molar-refractivity contribution >= 4 is 39.2 Å². The van der Waals surface area contributed by atoms with E-state index in [9.17, 15) is 4.79 Å². The first kappa shape index (κ1) is 14.8. The van der Waals surface area contributed by atoms with E-state index in [4.69, 9.17) is 0 Å². The van der Waals surface area contributed by atoms with Crippen LogP contribution in [0.2, 0.25) is 0 Å². The predicted octanol–water partition coefficient (Wildman–Crippen LogP) is 3.06. The van der Waals surface area contributed by atoms with Gasteiger partial charge < -0.3 is 4.90 Å². The molecule has 0 aliphatic carbocycles. The smallest absolute Gasteiger partial charge is 0.264 e. The molecule has 2 aromatic rings. The van der Waals surface area contributed by atoms with Crippen molar-refractivity contribution < 1.29 is 4.79 Å². The van der Waals surface area contributed by atoms with E-state index < -0.39 is 0 Å². The van der Waals surface area contributed by atoms with Crippen LogP contribution >= 0.6 is 23.1 Å². The predicted molar refractivity (Wildman–Crippen MR) is 89.5 cm³/mol. The van der Waals surface area contributed by atoms with Crippen LogP contribution in [0.1, 0.15) is 33.7 Å². The van der Waals surface area contributed by atoms with E-state index in [1.54, 1.807) is 0 Å². The summed E-state index contributed by atoms with van der Waals surface area (Å²) in [7, 11) is 0. The van der Waals surface area contributed by atoms with Gasteiger partial charge in [-0.15, -0.1) is 11.3 Å². The third kappa shape index (κ3) is 2.66. The number of aromatic nitrogens is 2. The van der Waals surface area contributed by atoms with Gasteiger partial charge in [0, 0.05) is 42.1 Å². The molecule has 0 aromatic carbocycles. The summed E-state index contributed by atoms with van der Waals surface area (Å²) in [6.07, 6.45) is 0.820. The Morgan fingerprint density at radius 3 is 2.62 bits per heavy atom. The summed E-state index contributed by atoms with van der Waals surface area (Å²) in [5.74, 6) is 3.09. The van der Waals surface area contributed by atoms with E-state index in [0.29, 0.717) is 0 Å². The highest BCUT2D eigenvalue weighted by Gasteiger charge is 2.24. The summed E-state index contributed by atoms with van der Waals surface area (Å²) < 4.78 is 0. The number of thiophene rings is 1. The number of fused-ring (bicyclic) bond motifs is 1. The normalized spacial score (nSPS) is 15.7. The van der Waals surface area contributed by atoms with Crippen LogP contribution in [0.3, 0.4) is 0 Å². The lowest BCUT2D eigenvalue weighted by Gasteiger charge is -2.26. The molecule has 3 rings (SSSR count). The summed E-state index contributed by atoms with van der Waals surface area (Å²) in [6.45, 7) is 7.78. The van der Waals surface area contributed by atoms with Gasteiger partial charge in [-0.3, -0.25) is 4.79 Å². The van der Waals surface area contributed by atoms with Crippen LogP contribution < -0.4 is 0 Å². The monoisotopic (exact) mass is 321 g/mol. The Kier molecular flexibility index (Phi) is 4.17. The van der Waals surface area contributed by atoms with Crippen molar-refractivity contribution in [3.63, 3.8) is 0 Å². The van der Waals surface area contributed by atoms with E-state index in [-0.39, 0.29) is 5.91 Å². The zero-order valence-electron chi connectivity index (χ0n) is 12.6. The molecule has 3 heterocycles. The molecular weight excluding hydrogens is 302 g/mol. The van der Waals surface area contributed by atoms with Crippen LogP contribution in [-0.2, 0) is 6.42 Å². The minimum Gasteiger partial charge on any atom is -0.336 e. The van der Waals surface area contributed by atoms with Crippen molar-refractivity contribution in [3.8, 4) is 0 Å². The summed E-state index contributed by atoms with van der Waals surface area (Å²) in [5.41, 5.74) is 2.03. The quantitative estimate of drug-likeness (QED) is 0.853. The van der Waals surface area contributed by atoms with Crippen LogP contribution in [-0.4, -0.2) is 45.4 Å². The first-order valence-electron chi connectivity index (χ1n) is 7.25. The number of rotatable bonds is 2. The second kappa shape index (κ2) is 5.93. The highest BCUT2D eigenvalue weighted by atomic mass is 32.2. The molecule has 112 valence electrons. The van der Waals surface area contributed by atoms with Crippen molar-refractivity contribution in [2.24, 2.45) is 0 Å². The number of amides is 1. The zero-order chi connectivity index (χ0) is 15.0. The fourth-order valence-corrected chi connectivity index (χ4v) is 4.79. The largest absolute Gasteiger partial charge is 0.336 e. The lowest BCUT2D eigenvalue weighted by Crippen LogP contribution is -2.37. The third-order valence-electron chi connectivity index (χ3n) is 3.83. The summed E-state index contributed by atoms with van der Waals surface area (Å²) in [4.78, 5) is 25.6. The van der Waals surface area contributed by atoms with E-state index in [0.717, 1.165) is 63.2 Å². The van der Waals surface area contributed by atoms with Gasteiger partial charge in [0.1, 0.15) is 10.7 Å². The summed E-state index contributed by atoms with van der Waals surface area (Å²) in [6, 6.07) is 0. The Morgan fingerprint density at radius 2 is 1.95 bits per heavy atom. The number of aryl methyl sites for hydroxylation is 3. The van der Waals surface area contributed by atoms with Crippen LogP contribution in [0.15, 0.2) is 0 Å². The minimum absolute atomic E-state index is 0.160. The first-order chi connectivity index (χ1) is 10.1. The lowest BCUT2D eigenvalue weighted by molar-refractivity contribution is 0.0776. The molecule has 0 radical (unpaired) electrons. The molecule has 6 heteroatoms. The van der Waals surface area contributed by atoms with E-state index in [1.165, 1.54) is 11.3 Å². The zero-order valence-corrected chi connectivity index (χ0v) is 14.2. The molecule has 1 aliphatic heterocycles. The fraction of sp³-hybridized carbons (Fsp3) is 0.533. The van der Waals surface area contributed by atoms with Crippen molar-refractivity contribution in [2.75, 3.05) is 24.6 Å². The van der Waals surface area contributed by atoms with Crippen LogP contribution in [0, 0.1) is 13.8 Å². The Hall–Kier alpha value is -1.14. The third-order valence-corrected chi connectivity index (χ3v) is 5.94. The Balaban J connectivity index is 2.04. The number of hydrogen-bond acceptors (Lipinski definition) is 5. The molecule has 4 nitrogen and oxygen atoms in total. The van der Waals surface area contributed by atoms with E-state index in [1.807, 2.05) is 30.5 Å². The maximum absolute atomic E-state index is 12.7. The first-order valence-corrected chi connectivity index (χ1v) is 9.22. The number of carbonyl (C=O) groups excluding carboxylic acids is 1. The van der Waals surface area contributed by atoms with Gasteiger partial charge in [-0.2, -0.15) is 11.8 Å². The molecule has 1 saturated heterocycles. The summed E-state index contributed by atoms with van der Waals surface area (Å²) >= 11 is 3.44. The molecule has 0 bridgehead atoms. The van der Waals surface area contributed by atoms with Crippen LogP contribution in [0.4, 0.5) is 0 Å². The molecular formula is C15H19N3OS2. The Bertz CT molecular complexity index is 690. The van der Waals surface area contributed by atoms with Gasteiger partial charge in [0.05, 0.1) is 4.88 Å². The van der Waals surface area contributed by atoms with Crippen molar-refractivity contribution in [1.82, 2.24) is 14.9 Å². The van der Waals surface area contributed by atoms with E-state index >= 15 is 0 Å². The highest BCUT2D eigenvalue weighted by Crippen LogP contribution is 2.32. The van der Waals surface area contributed by atoms with Crippen molar-refractivity contribution in [2.45, 2.75) is 27.2 Å². The molecule has 2 aromatic heterocycles. The Labute approximate surface area is 133 Å². The maximum Gasteiger partial charge on any atom is 0.264 e. The van der Waals surface area contributed by atoms with Gasteiger partial charge in [-0.05, 0) is 19.4 Å². The molecule has 21 heavy (non-hydrogen) atoms. The number of carbonyl (C=O) groups is 1. The van der Waals surface area contributed by atoms with Gasteiger partial charge in [0.25, 0.3) is 5.91 Å². The topological polar surface area (TPSA) is 46.1 Å². The van der Waals surface area contributed by atoms with Gasteiger partial charge in [-0.1, -0.05) is 6.92 Å².